The maximum Gasteiger partial charge on any atom is 0.220 e. The summed E-state index contributed by atoms with van der Waals surface area (Å²) in [6.07, 6.45) is 72.1. The first-order valence-corrected chi connectivity index (χ1v) is 33.9. The summed E-state index contributed by atoms with van der Waals surface area (Å²) < 4.78 is 11.3. The first kappa shape index (κ1) is 74.2. The molecule has 1 amide bonds. The van der Waals surface area contributed by atoms with Crippen molar-refractivity contribution in [2.24, 2.45) is 0 Å². The lowest BCUT2D eigenvalue weighted by atomic mass is 9.99. The van der Waals surface area contributed by atoms with Crippen LogP contribution < -0.4 is 5.32 Å². The van der Waals surface area contributed by atoms with Crippen LogP contribution >= 0.6 is 0 Å². The van der Waals surface area contributed by atoms with Gasteiger partial charge in [-0.2, -0.15) is 0 Å². The van der Waals surface area contributed by atoms with Gasteiger partial charge >= 0.3 is 0 Å². The van der Waals surface area contributed by atoms with Gasteiger partial charge < -0.3 is 40.3 Å². The number of carbonyl (C=O) groups is 1. The molecule has 458 valence electrons. The van der Waals surface area contributed by atoms with Crippen molar-refractivity contribution in [1.29, 1.82) is 0 Å². The van der Waals surface area contributed by atoms with Crippen LogP contribution in [0.4, 0.5) is 0 Å². The van der Waals surface area contributed by atoms with Gasteiger partial charge in [-0.1, -0.05) is 306 Å². The van der Waals surface area contributed by atoms with Crippen molar-refractivity contribution in [1.82, 2.24) is 5.32 Å². The van der Waals surface area contributed by atoms with E-state index in [1.54, 1.807) is 6.08 Å². The Hall–Kier alpha value is -1.85. The van der Waals surface area contributed by atoms with Crippen molar-refractivity contribution in [3.63, 3.8) is 0 Å². The van der Waals surface area contributed by atoms with E-state index in [0.29, 0.717) is 6.42 Å². The molecule has 1 heterocycles. The number of carbonyl (C=O) groups excluding carboxylic acids is 1. The van der Waals surface area contributed by atoms with Gasteiger partial charge in [-0.15, -0.1) is 0 Å². The minimum atomic E-state index is -1.57. The Morgan fingerprint density at radius 2 is 0.769 bits per heavy atom. The van der Waals surface area contributed by atoms with Crippen LogP contribution in [-0.2, 0) is 14.3 Å². The third-order valence-electron chi connectivity index (χ3n) is 16.1. The van der Waals surface area contributed by atoms with Crippen molar-refractivity contribution < 1.29 is 39.8 Å². The van der Waals surface area contributed by atoms with E-state index in [4.69, 9.17) is 9.47 Å². The summed E-state index contributed by atoms with van der Waals surface area (Å²) in [6.45, 7) is 3.80. The van der Waals surface area contributed by atoms with Crippen LogP contribution in [0.1, 0.15) is 328 Å². The van der Waals surface area contributed by atoms with E-state index in [2.05, 4.69) is 55.6 Å². The Kier molecular flexibility index (Phi) is 55.5. The third-order valence-corrected chi connectivity index (χ3v) is 16.1. The molecule has 0 radical (unpaired) electrons. The Balaban J connectivity index is 2.16. The molecule has 1 aliphatic rings. The second-order valence-corrected chi connectivity index (χ2v) is 23.6. The van der Waals surface area contributed by atoms with Crippen LogP contribution in [0.25, 0.3) is 0 Å². The highest BCUT2D eigenvalue weighted by molar-refractivity contribution is 5.76. The van der Waals surface area contributed by atoms with Crippen LogP contribution in [0.3, 0.4) is 0 Å². The Morgan fingerprint density at radius 3 is 1.15 bits per heavy atom. The molecule has 0 aromatic heterocycles. The number of amides is 1. The summed E-state index contributed by atoms with van der Waals surface area (Å²) in [4.78, 5) is 13.1. The zero-order valence-corrected chi connectivity index (χ0v) is 51.2. The zero-order valence-electron chi connectivity index (χ0n) is 51.2. The third kappa shape index (κ3) is 46.7. The second kappa shape index (κ2) is 58.4. The van der Waals surface area contributed by atoms with E-state index < -0.39 is 49.5 Å². The summed E-state index contributed by atoms with van der Waals surface area (Å²) in [5.41, 5.74) is 0. The Bertz CT molecular complexity index is 1370. The number of unbranched alkanes of at least 4 members (excludes halogenated alkanes) is 43. The number of allylic oxidation sites excluding steroid dienone is 7. The van der Waals surface area contributed by atoms with E-state index >= 15 is 0 Å². The lowest BCUT2D eigenvalue weighted by molar-refractivity contribution is -0.302. The maximum absolute atomic E-state index is 13.1. The fraction of sp³-hybridized carbons (Fsp3) is 0.870. The molecule has 0 aliphatic carbocycles. The summed E-state index contributed by atoms with van der Waals surface area (Å²) in [6, 6.07) is -0.823. The molecule has 0 aromatic carbocycles. The minimum Gasteiger partial charge on any atom is -0.394 e. The molecule has 7 unspecified atom stereocenters. The number of aliphatic hydroxyl groups is 5. The van der Waals surface area contributed by atoms with Crippen molar-refractivity contribution in [3.05, 3.63) is 48.6 Å². The first-order valence-electron chi connectivity index (χ1n) is 33.9. The standard InChI is InChI=1S/C69H129NO8/c1-3-5-7-9-11-13-15-17-19-21-23-25-27-29-31-32-33-35-37-39-41-43-45-47-49-51-53-55-57-59-65(73)70-62(61-77-69-68(76)67(75)66(74)64(60-71)78-69)63(72)58-56-54-52-50-48-46-44-42-40-38-36-34-30-28-26-24-22-20-18-16-14-12-10-8-6-4-2/h15,17,21,23,48,50,56,58,62-64,66-69,71-72,74-76H,3-14,16,18-20,22,24-47,49,51-55,57,59-61H2,1-2H3,(H,70,73)/b17-15-,23-21-,50-48+,58-56+. The van der Waals surface area contributed by atoms with Gasteiger partial charge in [-0.3, -0.25) is 4.79 Å². The molecule has 78 heavy (non-hydrogen) atoms. The number of ether oxygens (including phenoxy) is 2. The van der Waals surface area contributed by atoms with Crippen LogP contribution in [0, 0.1) is 0 Å². The van der Waals surface area contributed by atoms with Gasteiger partial charge in [-0.25, -0.2) is 0 Å². The highest BCUT2D eigenvalue weighted by atomic mass is 16.7. The Morgan fingerprint density at radius 1 is 0.436 bits per heavy atom. The average Bonchev–Trinajstić information content (AvgIpc) is 3.45. The van der Waals surface area contributed by atoms with Crippen LogP contribution in [-0.4, -0.2) is 87.5 Å². The van der Waals surface area contributed by atoms with Crippen LogP contribution in [0.5, 0.6) is 0 Å². The summed E-state index contributed by atoms with van der Waals surface area (Å²) in [5.74, 6) is -0.182. The molecule has 6 N–H and O–H groups in total. The lowest BCUT2D eigenvalue weighted by Gasteiger charge is -2.40. The molecule has 1 rings (SSSR count). The van der Waals surface area contributed by atoms with Gasteiger partial charge in [0.2, 0.25) is 5.91 Å². The van der Waals surface area contributed by atoms with Gasteiger partial charge in [0.05, 0.1) is 25.4 Å². The smallest absolute Gasteiger partial charge is 0.220 e. The van der Waals surface area contributed by atoms with Crippen molar-refractivity contribution in [3.8, 4) is 0 Å². The molecular formula is C69H129NO8. The molecule has 0 aromatic rings. The molecule has 1 aliphatic heterocycles. The highest BCUT2D eigenvalue weighted by Gasteiger charge is 2.44. The number of aliphatic hydroxyl groups excluding tert-OH is 5. The molecule has 1 fully saturated rings. The molecule has 0 spiro atoms. The minimum absolute atomic E-state index is 0.182. The largest absolute Gasteiger partial charge is 0.394 e. The number of nitrogens with one attached hydrogen (secondary N) is 1. The van der Waals surface area contributed by atoms with Crippen molar-refractivity contribution >= 4 is 5.91 Å². The lowest BCUT2D eigenvalue weighted by Crippen LogP contribution is -2.60. The van der Waals surface area contributed by atoms with E-state index in [1.807, 2.05) is 6.08 Å². The average molecular weight is 1100 g/mol. The molecule has 1 saturated heterocycles. The van der Waals surface area contributed by atoms with Gasteiger partial charge in [0.25, 0.3) is 0 Å². The molecule has 9 heteroatoms. The van der Waals surface area contributed by atoms with E-state index in [1.165, 1.54) is 263 Å². The summed E-state index contributed by atoms with van der Waals surface area (Å²) in [7, 11) is 0. The summed E-state index contributed by atoms with van der Waals surface area (Å²) >= 11 is 0. The summed E-state index contributed by atoms with van der Waals surface area (Å²) in [5, 5.41) is 54.7. The first-order chi connectivity index (χ1) is 38.3. The normalized spacial score (nSPS) is 18.9. The molecular weight excluding hydrogens is 971 g/mol. The number of hydrogen-bond acceptors (Lipinski definition) is 8. The van der Waals surface area contributed by atoms with Gasteiger partial charge in [0.15, 0.2) is 6.29 Å². The fourth-order valence-corrected chi connectivity index (χ4v) is 10.8. The van der Waals surface area contributed by atoms with E-state index in [-0.39, 0.29) is 12.5 Å². The fourth-order valence-electron chi connectivity index (χ4n) is 10.8. The quantitative estimate of drug-likeness (QED) is 0.0261. The zero-order chi connectivity index (χ0) is 56.5. The van der Waals surface area contributed by atoms with Gasteiger partial charge in [-0.05, 0) is 64.2 Å². The van der Waals surface area contributed by atoms with Crippen LogP contribution in [0.15, 0.2) is 48.6 Å². The predicted molar refractivity (Wildman–Crippen MR) is 332 cm³/mol. The van der Waals surface area contributed by atoms with Gasteiger partial charge in [0, 0.05) is 6.42 Å². The Labute approximate surface area is 482 Å². The second-order valence-electron chi connectivity index (χ2n) is 23.6. The highest BCUT2D eigenvalue weighted by Crippen LogP contribution is 2.23. The topological polar surface area (TPSA) is 149 Å². The van der Waals surface area contributed by atoms with E-state index in [9.17, 15) is 30.3 Å². The van der Waals surface area contributed by atoms with E-state index in [0.717, 1.165) is 44.9 Å². The maximum atomic E-state index is 13.1. The SMILES string of the molecule is CCCCCCC/C=C\C/C=C\CCCCCCCCCCCCCCCCCCCC(=O)NC(COC1OC(CO)C(O)C(O)C1O)C(O)/C=C/CC/C=C/CCCCCCCCCCCCCCCCCCCCCC. The monoisotopic (exact) mass is 1100 g/mol. The van der Waals surface area contributed by atoms with Crippen molar-refractivity contribution in [2.45, 2.75) is 371 Å². The number of hydrogen-bond donors (Lipinski definition) is 6. The van der Waals surface area contributed by atoms with Crippen molar-refractivity contribution in [2.75, 3.05) is 13.2 Å². The van der Waals surface area contributed by atoms with Crippen LogP contribution in [0.2, 0.25) is 0 Å². The number of rotatable bonds is 59. The van der Waals surface area contributed by atoms with Gasteiger partial charge in [0.1, 0.15) is 24.4 Å². The molecule has 9 nitrogen and oxygen atoms in total. The molecule has 0 saturated carbocycles. The molecule has 7 atom stereocenters. The predicted octanol–water partition coefficient (Wildman–Crippen LogP) is 18.0. The molecule has 0 bridgehead atoms.